The number of hydrogen-bond acceptors (Lipinski definition) is 3. The molecule has 0 rings (SSSR count). The number of rotatable bonds is 9. The summed E-state index contributed by atoms with van der Waals surface area (Å²) in [6.07, 6.45) is 4.16. The van der Waals surface area contributed by atoms with Gasteiger partial charge in [-0.15, -0.1) is 0 Å². The van der Waals surface area contributed by atoms with E-state index in [4.69, 9.17) is 9.05 Å². The molecule has 0 fully saturated rings. The lowest BCUT2D eigenvalue weighted by Gasteiger charge is -2.15. The van der Waals surface area contributed by atoms with E-state index in [9.17, 15) is 4.57 Å². The van der Waals surface area contributed by atoms with Crippen LogP contribution in [0.5, 0.6) is 0 Å². The Morgan fingerprint density at radius 3 is 2.06 bits per heavy atom. The normalized spacial score (nSPS) is 13.1. The van der Waals surface area contributed by atoms with Gasteiger partial charge in [0.1, 0.15) is 0 Å². The molecule has 0 amide bonds. The van der Waals surface area contributed by atoms with E-state index in [-0.39, 0.29) is 0 Å². The lowest BCUT2D eigenvalue weighted by Crippen LogP contribution is -1.94. The van der Waals surface area contributed by atoms with E-state index >= 15 is 0 Å². The molecular weight excluding hydrogens is 223 g/mol. The molecule has 4 heteroatoms. The largest absolute Gasteiger partial charge is 0.354 e. The zero-order valence-electron chi connectivity index (χ0n) is 11.0. The van der Waals surface area contributed by atoms with Gasteiger partial charge in [0.2, 0.25) is 0 Å². The second-order valence-electron chi connectivity index (χ2n) is 3.62. The first-order chi connectivity index (χ1) is 7.61. The molecule has 0 heterocycles. The van der Waals surface area contributed by atoms with Crippen LogP contribution in [-0.2, 0) is 13.6 Å². The quantitative estimate of drug-likeness (QED) is 0.553. The zero-order chi connectivity index (χ0) is 12.4. The summed E-state index contributed by atoms with van der Waals surface area (Å²) in [6.45, 7) is 8.72. The minimum atomic E-state index is -2.99. The van der Waals surface area contributed by atoms with Gasteiger partial charge in [0.15, 0.2) is 0 Å². The van der Waals surface area contributed by atoms with Crippen LogP contribution in [-0.4, -0.2) is 13.2 Å². The third-order valence-electron chi connectivity index (χ3n) is 2.26. The summed E-state index contributed by atoms with van der Waals surface area (Å²) >= 11 is 0. The molecule has 96 valence electrons. The average Bonchev–Trinajstić information content (AvgIpc) is 2.25. The van der Waals surface area contributed by atoms with Crippen molar-refractivity contribution in [2.24, 2.45) is 0 Å². The van der Waals surface area contributed by atoms with Crippen LogP contribution in [0.15, 0.2) is 11.4 Å². The molecule has 0 aromatic carbocycles. The summed E-state index contributed by atoms with van der Waals surface area (Å²) in [5.74, 6) is 1.72. The second-order valence-corrected chi connectivity index (χ2v) is 5.47. The van der Waals surface area contributed by atoms with Crippen molar-refractivity contribution in [3.8, 4) is 0 Å². The van der Waals surface area contributed by atoms with Crippen molar-refractivity contribution < 1.29 is 13.6 Å². The molecule has 3 nitrogen and oxygen atoms in total. The minimum absolute atomic E-state index is 0.415. The first-order valence-corrected chi connectivity index (χ1v) is 7.82. The van der Waals surface area contributed by atoms with E-state index in [1.165, 1.54) is 5.57 Å². The van der Waals surface area contributed by atoms with E-state index in [0.717, 1.165) is 25.7 Å². The fourth-order valence-electron chi connectivity index (χ4n) is 1.43. The Bertz CT molecular complexity index is 239. The molecule has 0 saturated carbocycles. The van der Waals surface area contributed by atoms with Gasteiger partial charge in [0.25, 0.3) is 0 Å². The van der Waals surface area contributed by atoms with Crippen LogP contribution in [0.1, 0.15) is 53.4 Å². The summed E-state index contributed by atoms with van der Waals surface area (Å²) in [5, 5.41) is 0. The van der Waals surface area contributed by atoms with Gasteiger partial charge in [-0.2, -0.15) is 0 Å². The summed E-state index contributed by atoms with van der Waals surface area (Å²) in [7, 11) is -2.99. The predicted octanol–water partition coefficient (Wildman–Crippen LogP) is 4.74. The van der Waals surface area contributed by atoms with Crippen molar-refractivity contribution in [2.45, 2.75) is 53.4 Å². The molecule has 0 aromatic heterocycles. The van der Waals surface area contributed by atoms with Gasteiger partial charge >= 0.3 is 7.60 Å². The minimum Gasteiger partial charge on any atom is -0.306 e. The van der Waals surface area contributed by atoms with E-state index in [1.807, 2.05) is 13.8 Å². The SMILES string of the molecule is CCCCC(=CP(=O)(OCC)OCC)CC. The van der Waals surface area contributed by atoms with E-state index < -0.39 is 7.60 Å². The highest BCUT2D eigenvalue weighted by Gasteiger charge is 2.20. The van der Waals surface area contributed by atoms with Crippen molar-refractivity contribution in [3.63, 3.8) is 0 Å². The molecule has 0 bridgehead atoms. The van der Waals surface area contributed by atoms with Crippen LogP contribution in [0.3, 0.4) is 0 Å². The Labute approximate surface area is 99.8 Å². The molecule has 0 aliphatic rings. The maximum Gasteiger partial charge on any atom is 0.354 e. The molecule has 0 radical (unpaired) electrons. The maximum atomic E-state index is 12.2. The topological polar surface area (TPSA) is 35.5 Å². The van der Waals surface area contributed by atoms with Gasteiger partial charge < -0.3 is 9.05 Å². The number of unbranched alkanes of at least 4 members (excludes halogenated alkanes) is 1. The van der Waals surface area contributed by atoms with Crippen LogP contribution in [0.25, 0.3) is 0 Å². The standard InChI is InChI=1S/C12H25O3P/c1-5-9-10-12(6-2)11-16(13,14-7-3)15-8-4/h11H,5-10H2,1-4H3. The van der Waals surface area contributed by atoms with Crippen molar-refractivity contribution in [3.05, 3.63) is 11.4 Å². The molecule has 0 saturated heterocycles. The van der Waals surface area contributed by atoms with Crippen molar-refractivity contribution >= 4 is 7.60 Å². The Kier molecular flexibility index (Phi) is 8.91. The van der Waals surface area contributed by atoms with Crippen molar-refractivity contribution in [1.82, 2.24) is 0 Å². The summed E-state index contributed by atoms with van der Waals surface area (Å²) < 4.78 is 22.7. The lowest BCUT2D eigenvalue weighted by atomic mass is 10.1. The zero-order valence-corrected chi connectivity index (χ0v) is 11.9. The highest BCUT2D eigenvalue weighted by molar-refractivity contribution is 7.57. The highest BCUT2D eigenvalue weighted by atomic mass is 31.2. The third-order valence-corrected chi connectivity index (χ3v) is 4.18. The summed E-state index contributed by atoms with van der Waals surface area (Å²) in [4.78, 5) is 0. The molecule has 0 aliphatic carbocycles. The number of hydrogen-bond donors (Lipinski definition) is 0. The van der Waals surface area contributed by atoms with E-state index in [0.29, 0.717) is 13.2 Å². The van der Waals surface area contributed by atoms with Crippen molar-refractivity contribution in [2.75, 3.05) is 13.2 Å². The molecule has 0 aliphatic heterocycles. The van der Waals surface area contributed by atoms with Gasteiger partial charge in [-0.1, -0.05) is 25.8 Å². The van der Waals surface area contributed by atoms with E-state index in [2.05, 4.69) is 13.8 Å². The van der Waals surface area contributed by atoms with Gasteiger partial charge in [-0.25, -0.2) is 0 Å². The van der Waals surface area contributed by atoms with Crippen LogP contribution < -0.4 is 0 Å². The molecule has 16 heavy (non-hydrogen) atoms. The fourth-order valence-corrected chi connectivity index (χ4v) is 3.13. The summed E-state index contributed by atoms with van der Waals surface area (Å²) in [5.41, 5.74) is 1.17. The Hall–Kier alpha value is -0.110. The lowest BCUT2D eigenvalue weighted by molar-refractivity contribution is 0.228. The average molecular weight is 248 g/mol. The third kappa shape index (κ3) is 6.47. The highest BCUT2D eigenvalue weighted by Crippen LogP contribution is 2.51. The Balaban J connectivity index is 4.63. The smallest absolute Gasteiger partial charge is 0.306 e. The Morgan fingerprint density at radius 1 is 1.12 bits per heavy atom. The van der Waals surface area contributed by atoms with Crippen LogP contribution >= 0.6 is 7.60 Å². The van der Waals surface area contributed by atoms with Crippen LogP contribution in [0.4, 0.5) is 0 Å². The molecule has 0 spiro atoms. The van der Waals surface area contributed by atoms with Gasteiger partial charge in [-0.3, -0.25) is 4.57 Å². The molecular formula is C12H25O3P. The first kappa shape index (κ1) is 15.9. The first-order valence-electron chi connectivity index (χ1n) is 6.21. The molecule has 0 atom stereocenters. The number of allylic oxidation sites excluding steroid dienone is 1. The van der Waals surface area contributed by atoms with Gasteiger partial charge in [0, 0.05) is 5.82 Å². The molecule has 0 aromatic rings. The van der Waals surface area contributed by atoms with Gasteiger partial charge in [0.05, 0.1) is 13.2 Å². The fraction of sp³-hybridized carbons (Fsp3) is 0.833. The van der Waals surface area contributed by atoms with E-state index in [1.54, 1.807) is 5.82 Å². The second kappa shape index (κ2) is 8.98. The summed E-state index contributed by atoms with van der Waals surface area (Å²) in [6, 6.07) is 0. The van der Waals surface area contributed by atoms with Gasteiger partial charge in [-0.05, 0) is 33.1 Å². The Morgan fingerprint density at radius 2 is 1.69 bits per heavy atom. The maximum absolute atomic E-state index is 12.2. The molecule has 0 N–H and O–H groups in total. The van der Waals surface area contributed by atoms with Crippen LogP contribution in [0.2, 0.25) is 0 Å². The van der Waals surface area contributed by atoms with Crippen molar-refractivity contribution in [1.29, 1.82) is 0 Å². The van der Waals surface area contributed by atoms with Crippen LogP contribution in [0, 0.1) is 0 Å². The monoisotopic (exact) mass is 248 g/mol. The predicted molar refractivity (Wildman–Crippen MR) is 68.8 cm³/mol. The molecule has 0 unspecified atom stereocenters.